The normalized spacial score (nSPS) is 18.1. The number of hydrogen-bond acceptors (Lipinski definition) is 7. The number of nitrogens with one attached hydrogen (secondary N) is 1. The molecule has 4 N–H and O–H groups in total. The number of carbonyl (C=O) groups is 1. The average molecular weight is 511 g/mol. The lowest BCUT2D eigenvalue weighted by atomic mass is 9.89. The van der Waals surface area contributed by atoms with Gasteiger partial charge in [0.1, 0.15) is 6.33 Å². The van der Waals surface area contributed by atoms with Gasteiger partial charge in [0.2, 0.25) is 11.7 Å². The zero-order valence-corrected chi connectivity index (χ0v) is 19.7. The molecule has 1 saturated carbocycles. The van der Waals surface area contributed by atoms with E-state index in [1.165, 1.54) is 18.5 Å². The van der Waals surface area contributed by atoms with Crippen LogP contribution in [0.5, 0.6) is 0 Å². The van der Waals surface area contributed by atoms with Crippen molar-refractivity contribution in [2.24, 2.45) is 11.7 Å². The molecule has 36 heavy (non-hydrogen) atoms. The summed E-state index contributed by atoms with van der Waals surface area (Å²) in [5.74, 6) is -0.971. The van der Waals surface area contributed by atoms with Crippen molar-refractivity contribution in [2.75, 3.05) is 36.5 Å². The van der Waals surface area contributed by atoms with Crippen LogP contribution in [0.25, 0.3) is 0 Å². The van der Waals surface area contributed by atoms with Crippen LogP contribution in [-0.4, -0.2) is 64.2 Å². The number of halogens is 4. The molecular formula is C24H30F4N6O2. The monoisotopic (exact) mass is 510 g/mol. The van der Waals surface area contributed by atoms with Gasteiger partial charge in [0.15, 0.2) is 11.6 Å². The van der Waals surface area contributed by atoms with Crippen molar-refractivity contribution < 1.29 is 27.5 Å². The number of aromatic nitrogens is 2. The van der Waals surface area contributed by atoms with E-state index in [1.807, 2.05) is 4.90 Å². The number of alkyl halides is 3. The van der Waals surface area contributed by atoms with Crippen molar-refractivity contribution in [3.8, 4) is 0 Å². The molecule has 4 rings (SSSR count). The Kier molecular flexibility index (Phi) is 7.94. The fourth-order valence-electron chi connectivity index (χ4n) is 4.64. The number of benzene rings is 1. The van der Waals surface area contributed by atoms with E-state index in [4.69, 9.17) is 5.73 Å². The molecule has 1 aliphatic heterocycles. The minimum Gasteiger partial charge on any atom is -0.394 e. The minimum absolute atomic E-state index is 0.0308. The largest absolute Gasteiger partial charge is 0.416 e. The molecule has 1 saturated heterocycles. The molecule has 1 atom stereocenters. The first-order valence-electron chi connectivity index (χ1n) is 12.0. The molecule has 0 spiro atoms. The fraction of sp³-hybridized carbons (Fsp3) is 0.542. The standard InChI is InChI=1S/C24H30F4N6O2/c25-21-22(32-19(13-35)16-7-9-33(10-8-16)12-20(29)36)30-14-31-23(21)34(18-5-6-18)11-15-1-3-17(4-2-15)24(26,27)28/h1-4,14,16,18-19,35H,5-13H2,(H2,29,36)(H,30,31,32). The maximum absolute atomic E-state index is 15.6. The van der Waals surface area contributed by atoms with Gasteiger partial charge < -0.3 is 21.1 Å². The number of primary amides is 1. The summed E-state index contributed by atoms with van der Waals surface area (Å²) in [7, 11) is 0. The van der Waals surface area contributed by atoms with Gasteiger partial charge in [0.05, 0.1) is 24.8 Å². The van der Waals surface area contributed by atoms with E-state index >= 15 is 4.39 Å². The van der Waals surface area contributed by atoms with E-state index in [0.29, 0.717) is 31.5 Å². The van der Waals surface area contributed by atoms with Crippen molar-refractivity contribution in [3.63, 3.8) is 0 Å². The van der Waals surface area contributed by atoms with E-state index in [2.05, 4.69) is 15.3 Å². The molecule has 1 aliphatic carbocycles. The topological polar surface area (TPSA) is 108 Å². The Bertz CT molecular complexity index is 1040. The number of nitrogens with zero attached hydrogens (tertiary/aromatic N) is 4. The van der Waals surface area contributed by atoms with Gasteiger partial charge in [-0.05, 0) is 62.4 Å². The summed E-state index contributed by atoms with van der Waals surface area (Å²) in [4.78, 5) is 23.0. The Hall–Kier alpha value is -2.99. The average Bonchev–Trinajstić information content (AvgIpc) is 3.68. The van der Waals surface area contributed by atoms with E-state index in [9.17, 15) is 23.1 Å². The van der Waals surface area contributed by atoms with Crippen molar-refractivity contribution in [3.05, 3.63) is 47.5 Å². The van der Waals surface area contributed by atoms with Crippen LogP contribution in [0.3, 0.4) is 0 Å². The second kappa shape index (κ2) is 11.0. The second-order valence-corrected chi connectivity index (χ2v) is 9.43. The van der Waals surface area contributed by atoms with Crippen molar-refractivity contribution in [2.45, 2.75) is 50.5 Å². The molecule has 1 unspecified atom stereocenters. The van der Waals surface area contributed by atoms with Crippen molar-refractivity contribution >= 4 is 17.5 Å². The summed E-state index contributed by atoms with van der Waals surface area (Å²) >= 11 is 0. The van der Waals surface area contributed by atoms with Crippen LogP contribution in [0.4, 0.5) is 29.2 Å². The smallest absolute Gasteiger partial charge is 0.394 e. The zero-order valence-electron chi connectivity index (χ0n) is 19.7. The Morgan fingerprint density at radius 2 is 1.83 bits per heavy atom. The quantitative estimate of drug-likeness (QED) is 0.422. The SMILES string of the molecule is NC(=O)CN1CCC(C(CO)Nc2ncnc(N(Cc3ccc(C(F)(F)F)cc3)C3CC3)c2F)CC1. The van der Waals surface area contributed by atoms with Crippen molar-refractivity contribution in [1.82, 2.24) is 14.9 Å². The van der Waals surface area contributed by atoms with Gasteiger partial charge in [-0.25, -0.2) is 9.97 Å². The minimum atomic E-state index is -4.42. The van der Waals surface area contributed by atoms with E-state index in [1.54, 1.807) is 4.90 Å². The highest BCUT2D eigenvalue weighted by Crippen LogP contribution is 2.36. The van der Waals surface area contributed by atoms with Gasteiger partial charge in [-0.15, -0.1) is 0 Å². The van der Waals surface area contributed by atoms with Crippen molar-refractivity contribution in [1.29, 1.82) is 0 Å². The molecule has 8 nitrogen and oxygen atoms in total. The van der Waals surface area contributed by atoms with Crippen LogP contribution in [0.2, 0.25) is 0 Å². The molecule has 2 aromatic rings. The lowest BCUT2D eigenvalue weighted by molar-refractivity contribution is -0.137. The molecule has 12 heteroatoms. The molecular weight excluding hydrogens is 480 g/mol. The molecule has 1 amide bonds. The number of amides is 1. The lowest BCUT2D eigenvalue weighted by Crippen LogP contribution is -2.44. The zero-order chi connectivity index (χ0) is 25.9. The summed E-state index contributed by atoms with van der Waals surface area (Å²) in [6.07, 6.45) is -0.116. The summed E-state index contributed by atoms with van der Waals surface area (Å²) in [5, 5.41) is 13.0. The van der Waals surface area contributed by atoms with Gasteiger partial charge in [-0.3, -0.25) is 9.69 Å². The number of aliphatic hydroxyl groups is 1. The molecule has 2 fully saturated rings. The number of likely N-dealkylation sites (tertiary alicyclic amines) is 1. The van der Waals surface area contributed by atoms with Crippen LogP contribution in [-0.2, 0) is 17.5 Å². The van der Waals surface area contributed by atoms with E-state index in [0.717, 1.165) is 25.0 Å². The van der Waals surface area contributed by atoms with E-state index < -0.39 is 29.5 Å². The third-order valence-electron chi connectivity index (χ3n) is 6.76. The van der Waals surface area contributed by atoms with Crippen LogP contribution in [0.15, 0.2) is 30.6 Å². The maximum Gasteiger partial charge on any atom is 0.416 e. The second-order valence-electron chi connectivity index (χ2n) is 9.43. The summed E-state index contributed by atoms with van der Waals surface area (Å²) in [6, 6.07) is 4.41. The number of carbonyl (C=O) groups excluding carboxylic acids is 1. The highest BCUT2D eigenvalue weighted by molar-refractivity contribution is 5.75. The molecule has 2 aliphatic rings. The summed E-state index contributed by atoms with van der Waals surface area (Å²) in [6.45, 7) is 1.45. The molecule has 1 aromatic carbocycles. The number of hydrogen-bond donors (Lipinski definition) is 3. The first-order chi connectivity index (χ1) is 17.2. The lowest BCUT2D eigenvalue weighted by Gasteiger charge is -2.35. The molecule has 1 aromatic heterocycles. The first kappa shape index (κ1) is 26.1. The molecule has 2 heterocycles. The van der Waals surface area contributed by atoms with Gasteiger partial charge in [-0.1, -0.05) is 12.1 Å². The third kappa shape index (κ3) is 6.41. The number of aliphatic hydroxyl groups excluding tert-OH is 1. The van der Waals surface area contributed by atoms with Crippen LogP contribution in [0, 0.1) is 11.7 Å². The highest BCUT2D eigenvalue weighted by Gasteiger charge is 2.34. The Balaban J connectivity index is 1.46. The van der Waals surface area contributed by atoms with Crippen LogP contribution < -0.4 is 16.0 Å². The van der Waals surface area contributed by atoms with Gasteiger partial charge >= 0.3 is 6.18 Å². The number of piperidine rings is 1. The van der Waals surface area contributed by atoms with E-state index in [-0.39, 0.29) is 43.3 Å². The van der Waals surface area contributed by atoms with Gasteiger partial charge in [0.25, 0.3) is 0 Å². The van der Waals surface area contributed by atoms with Crippen LogP contribution >= 0.6 is 0 Å². The molecule has 0 bridgehead atoms. The summed E-state index contributed by atoms with van der Waals surface area (Å²) in [5.41, 5.74) is 5.13. The first-order valence-corrected chi connectivity index (χ1v) is 12.0. The molecule has 196 valence electrons. The Labute approximate surface area is 206 Å². The predicted octanol–water partition coefficient (Wildman–Crippen LogP) is 2.77. The Morgan fingerprint density at radius 1 is 1.17 bits per heavy atom. The number of nitrogens with two attached hydrogens (primary N) is 1. The third-order valence-corrected chi connectivity index (χ3v) is 6.76. The van der Waals surface area contributed by atoms with Crippen LogP contribution in [0.1, 0.15) is 36.8 Å². The predicted molar refractivity (Wildman–Crippen MR) is 125 cm³/mol. The number of rotatable bonds is 10. The Morgan fingerprint density at radius 3 is 2.39 bits per heavy atom. The van der Waals surface area contributed by atoms with Gasteiger partial charge in [-0.2, -0.15) is 17.6 Å². The maximum atomic E-state index is 15.6. The molecule has 0 radical (unpaired) electrons. The fourth-order valence-corrected chi connectivity index (χ4v) is 4.64. The number of anilines is 2. The van der Waals surface area contributed by atoms with Gasteiger partial charge in [0, 0.05) is 12.6 Å². The summed E-state index contributed by atoms with van der Waals surface area (Å²) < 4.78 is 54.3. The highest BCUT2D eigenvalue weighted by atomic mass is 19.4.